The molecule has 6 nitrogen and oxygen atoms in total. The number of allylic oxidation sites excluding steroid dienone is 1. The third-order valence-corrected chi connectivity index (χ3v) is 3.99. The van der Waals surface area contributed by atoms with E-state index in [1.165, 1.54) is 30.2 Å². The Hall–Kier alpha value is -1.89. The molecule has 0 saturated heterocycles. The molecule has 0 bridgehead atoms. The molecular weight excluding hydrogens is 292 g/mol. The second-order valence-electron chi connectivity index (χ2n) is 5.27. The van der Waals surface area contributed by atoms with Gasteiger partial charge in [0.2, 0.25) is 10.0 Å². The summed E-state index contributed by atoms with van der Waals surface area (Å²) in [6, 6.07) is 4.15. The zero-order valence-electron chi connectivity index (χ0n) is 11.8. The van der Waals surface area contributed by atoms with Crippen molar-refractivity contribution in [2.75, 3.05) is 11.0 Å². The van der Waals surface area contributed by atoms with Crippen LogP contribution in [-0.2, 0) is 10.0 Å². The van der Waals surface area contributed by atoms with E-state index in [4.69, 9.17) is 0 Å². The van der Waals surface area contributed by atoms with E-state index in [9.17, 15) is 18.5 Å². The molecule has 1 aliphatic carbocycles. The molecule has 0 amide bonds. The van der Waals surface area contributed by atoms with Crippen LogP contribution in [0.1, 0.15) is 37.7 Å². The van der Waals surface area contributed by atoms with Gasteiger partial charge in [-0.3, -0.25) is 14.8 Å². The summed E-state index contributed by atoms with van der Waals surface area (Å²) < 4.78 is 25.2. The Bertz CT molecular complexity index is 672. The topological polar surface area (TPSA) is 89.3 Å². The molecule has 114 valence electrons. The number of anilines is 1. The van der Waals surface area contributed by atoms with Crippen molar-refractivity contribution in [1.82, 2.24) is 0 Å². The number of sulfonamides is 1. The molecule has 0 spiro atoms. The van der Waals surface area contributed by atoms with Crippen molar-refractivity contribution >= 4 is 27.5 Å². The van der Waals surface area contributed by atoms with Crippen LogP contribution in [0.2, 0.25) is 0 Å². The van der Waals surface area contributed by atoms with E-state index in [0.29, 0.717) is 11.3 Å². The van der Waals surface area contributed by atoms with Gasteiger partial charge in [0.1, 0.15) is 0 Å². The van der Waals surface area contributed by atoms with Gasteiger partial charge in [-0.2, -0.15) is 0 Å². The smallest absolute Gasteiger partial charge is 0.270 e. The van der Waals surface area contributed by atoms with E-state index in [2.05, 4.69) is 4.72 Å². The second kappa shape index (κ2) is 6.26. The van der Waals surface area contributed by atoms with E-state index in [1.54, 1.807) is 0 Å². The van der Waals surface area contributed by atoms with Crippen LogP contribution >= 0.6 is 0 Å². The first-order valence-corrected chi connectivity index (χ1v) is 8.70. The third kappa shape index (κ3) is 4.56. The predicted octanol–water partition coefficient (Wildman–Crippen LogP) is 3.31. The first-order valence-electron chi connectivity index (χ1n) is 6.81. The average Bonchev–Trinajstić information content (AvgIpc) is 2.40. The largest absolute Gasteiger partial charge is 0.283 e. The van der Waals surface area contributed by atoms with Gasteiger partial charge in [-0.05, 0) is 31.7 Å². The molecule has 0 heterocycles. The molecule has 1 aromatic rings. The monoisotopic (exact) mass is 310 g/mol. The third-order valence-electron chi connectivity index (χ3n) is 3.40. The molecule has 0 atom stereocenters. The lowest BCUT2D eigenvalue weighted by Gasteiger charge is -2.15. The van der Waals surface area contributed by atoms with E-state index in [1.807, 2.05) is 6.08 Å². The zero-order chi connectivity index (χ0) is 15.5. The Kier molecular flexibility index (Phi) is 4.62. The number of nitro groups is 1. The summed E-state index contributed by atoms with van der Waals surface area (Å²) in [5.74, 6) is 0. The van der Waals surface area contributed by atoms with Crippen LogP contribution < -0.4 is 4.72 Å². The maximum atomic E-state index is 11.4. The molecule has 1 aliphatic rings. The number of rotatable bonds is 4. The lowest BCUT2D eigenvalue weighted by atomic mass is 9.93. The number of hydrogen-bond acceptors (Lipinski definition) is 4. The van der Waals surface area contributed by atoms with E-state index in [0.717, 1.165) is 31.9 Å². The fourth-order valence-corrected chi connectivity index (χ4v) is 3.03. The molecule has 0 aliphatic heterocycles. The minimum absolute atomic E-state index is 0.0447. The van der Waals surface area contributed by atoms with Crippen LogP contribution in [0.4, 0.5) is 11.4 Å². The van der Waals surface area contributed by atoms with E-state index in [-0.39, 0.29) is 5.69 Å². The number of benzene rings is 1. The highest BCUT2D eigenvalue weighted by atomic mass is 32.2. The summed E-state index contributed by atoms with van der Waals surface area (Å²) in [6.45, 7) is 0. The number of nitrogens with zero attached hydrogens (tertiary/aromatic N) is 1. The minimum Gasteiger partial charge on any atom is -0.283 e. The van der Waals surface area contributed by atoms with Crippen molar-refractivity contribution in [3.63, 3.8) is 0 Å². The van der Waals surface area contributed by atoms with Gasteiger partial charge in [0.05, 0.1) is 16.9 Å². The van der Waals surface area contributed by atoms with Crippen LogP contribution in [0.5, 0.6) is 0 Å². The fourth-order valence-electron chi connectivity index (χ4n) is 2.45. The Morgan fingerprint density at radius 3 is 2.48 bits per heavy atom. The molecule has 1 aromatic carbocycles. The standard InChI is InChI=1S/C14H18N2O4S/c1-21(19,20)15-14-8-7-13(16(17)18)10-12(14)9-11-5-3-2-4-6-11/h7-10,15H,2-6H2,1H3. The van der Waals surface area contributed by atoms with Crippen LogP contribution in [0, 0.1) is 10.1 Å². The maximum absolute atomic E-state index is 11.4. The van der Waals surface area contributed by atoms with Gasteiger partial charge < -0.3 is 0 Å². The highest BCUT2D eigenvalue weighted by Gasteiger charge is 2.13. The molecule has 21 heavy (non-hydrogen) atoms. The summed E-state index contributed by atoms with van der Waals surface area (Å²) in [6.07, 6.45) is 8.26. The minimum atomic E-state index is -3.42. The second-order valence-corrected chi connectivity index (χ2v) is 7.01. The molecule has 1 fully saturated rings. The quantitative estimate of drug-likeness (QED) is 0.682. The molecular formula is C14H18N2O4S. The van der Waals surface area contributed by atoms with Crippen molar-refractivity contribution in [1.29, 1.82) is 0 Å². The highest BCUT2D eigenvalue weighted by molar-refractivity contribution is 7.92. The van der Waals surface area contributed by atoms with Crippen molar-refractivity contribution in [2.24, 2.45) is 0 Å². The van der Waals surface area contributed by atoms with Gasteiger partial charge >= 0.3 is 0 Å². The molecule has 0 aromatic heterocycles. The van der Waals surface area contributed by atoms with Crippen molar-refractivity contribution in [3.05, 3.63) is 39.4 Å². The Balaban J connectivity index is 2.42. The fraction of sp³-hybridized carbons (Fsp3) is 0.429. The molecule has 0 radical (unpaired) electrons. The number of nitro benzene ring substituents is 1. The van der Waals surface area contributed by atoms with Crippen molar-refractivity contribution < 1.29 is 13.3 Å². The Morgan fingerprint density at radius 2 is 1.90 bits per heavy atom. The highest BCUT2D eigenvalue weighted by Crippen LogP contribution is 2.29. The lowest BCUT2D eigenvalue weighted by molar-refractivity contribution is -0.384. The number of hydrogen-bond donors (Lipinski definition) is 1. The van der Waals surface area contributed by atoms with Gasteiger partial charge in [-0.15, -0.1) is 0 Å². The first-order chi connectivity index (χ1) is 9.85. The summed E-state index contributed by atoms with van der Waals surface area (Å²) in [7, 11) is -3.42. The average molecular weight is 310 g/mol. The van der Waals surface area contributed by atoms with Gasteiger partial charge in [-0.1, -0.05) is 18.1 Å². The van der Waals surface area contributed by atoms with Crippen LogP contribution in [0.25, 0.3) is 6.08 Å². The lowest BCUT2D eigenvalue weighted by Crippen LogP contribution is -2.10. The van der Waals surface area contributed by atoms with Gasteiger partial charge in [0, 0.05) is 17.7 Å². The SMILES string of the molecule is CS(=O)(=O)Nc1ccc([N+](=O)[O-])cc1C=C1CCCCC1. The van der Waals surface area contributed by atoms with Gasteiger partial charge in [0.25, 0.3) is 5.69 Å². The normalized spacial score (nSPS) is 15.6. The molecule has 7 heteroatoms. The molecule has 2 rings (SSSR count). The molecule has 1 saturated carbocycles. The van der Waals surface area contributed by atoms with Gasteiger partial charge in [0.15, 0.2) is 0 Å². The number of nitrogens with one attached hydrogen (secondary N) is 1. The number of non-ortho nitro benzene ring substituents is 1. The first kappa shape index (κ1) is 15.5. The zero-order valence-corrected chi connectivity index (χ0v) is 12.6. The summed E-state index contributed by atoms with van der Waals surface area (Å²) >= 11 is 0. The van der Waals surface area contributed by atoms with Gasteiger partial charge in [-0.25, -0.2) is 8.42 Å². The summed E-state index contributed by atoms with van der Waals surface area (Å²) in [4.78, 5) is 10.4. The predicted molar refractivity (Wildman–Crippen MR) is 82.6 cm³/mol. The van der Waals surface area contributed by atoms with Crippen molar-refractivity contribution in [3.8, 4) is 0 Å². The Morgan fingerprint density at radius 1 is 1.24 bits per heavy atom. The van der Waals surface area contributed by atoms with Crippen LogP contribution in [0.15, 0.2) is 23.8 Å². The molecule has 1 N–H and O–H groups in total. The maximum Gasteiger partial charge on any atom is 0.270 e. The van der Waals surface area contributed by atoms with E-state index < -0.39 is 14.9 Å². The van der Waals surface area contributed by atoms with Crippen molar-refractivity contribution in [2.45, 2.75) is 32.1 Å². The van der Waals surface area contributed by atoms with E-state index >= 15 is 0 Å². The molecule has 0 unspecified atom stereocenters. The summed E-state index contributed by atoms with van der Waals surface area (Å²) in [5, 5.41) is 10.9. The summed E-state index contributed by atoms with van der Waals surface area (Å²) in [5.41, 5.74) is 2.09. The Labute approximate surface area is 124 Å². The van der Waals surface area contributed by atoms with Crippen LogP contribution in [0.3, 0.4) is 0 Å². The van der Waals surface area contributed by atoms with Crippen LogP contribution in [-0.4, -0.2) is 19.6 Å².